The molecule has 0 unspecified atom stereocenters. The summed E-state index contributed by atoms with van der Waals surface area (Å²) in [6, 6.07) is 7.57. The van der Waals surface area contributed by atoms with E-state index >= 15 is 0 Å². The first-order valence-electron chi connectivity index (χ1n) is 7.05. The molecule has 1 heterocycles. The number of nitrogens with one attached hydrogen (secondary N) is 1. The van der Waals surface area contributed by atoms with Crippen LogP contribution in [0.5, 0.6) is 11.5 Å². The largest absolute Gasteiger partial charge is 0.496 e. The van der Waals surface area contributed by atoms with Crippen LogP contribution in [-0.2, 0) is 13.0 Å². The summed E-state index contributed by atoms with van der Waals surface area (Å²) in [6.45, 7) is 4.33. The minimum Gasteiger partial charge on any atom is -0.496 e. The average Bonchev–Trinajstić information content (AvgIpc) is 2.48. The van der Waals surface area contributed by atoms with Gasteiger partial charge in [0, 0.05) is 23.7 Å². The highest BCUT2D eigenvalue weighted by atomic mass is 16.5. The van der Waals surface area contributed by atoms with Crippen LogP contribution in [0.15, 0.2) is 30.5 Å². The van der Waals surface area contributed by atoms with E-state index in [1.54, 1.807) is 13.3 Å². The number of methoxy groups -OCH3 is 1. The highest BCUT2D eigenvalue weighted by Crippen LogP contribution is 2.25. The highest BCUT2D eigenvalue weighted by Gasteiger charge is 2.10. The van der Waals surface area contributed by atoms with Crippen molar-refractivity contribution in [1.82, 2.24) is 4.98 Å². The number of rotatable bonds is 6. The van der Waals surface area contributed by atoms with Gasteiger partial charge in [-0.25, -0.2) is 0 Å². The summed E-state index contributed by atoms with van der Waals surface area (Å²) < 4.78 is 11.2. The molecule has 0 aliphatic heterocycles. The van der Waals surface area contributed by atoms with Crippen LogP contribution in [0.3, 0.4) is 0 Å². The van der Waals surface area contributed by atoms with Crippen LogP contribution in [0.1, 0.15) is 22.4 Å². The van der Waals surface area contributed by atoms with Crippen LogP contribution in [0, 0.1) is 19.3 Å². The highest BCUT2D eigenvalue weighted by molar-refractivity contribution is 5.79. The lowest BCUT2D eigenvalue weighted by Gasteiger charge is -2.13. The first-order chi connectivity index (χ1) is 10.5. The van der Waals surface area contributed by atoms with Crippen LogP contribution < -0.4 is 15.2 Å². The molecule has 5 heteroatoms. The number of aryl methyl sites for hydroxylation is 1. The van der Waals surface area contributed by atoms with Gasteiger partial charge in [-0.2, -0.15) is 0 Å². The van der Waals surface area contributed by atoms with Gasteiger partial charge in [0.15, 0.2) is 0 Å². The van der Waals surface area contributed by atoms with E-state index in [0.29, 0.717) is 13.0 Å². The maximum absolute atomic E-state index is 7.28. The number of hydrogen-bond donors (Lipinski definition) is 2. The van der Waals surface area contributed by atoms with Gasteiger partial charge >= 0.3 is 0 Å². The summed E-state index contributed by atoms with van der Waals surface area (Å²) in [5.41, 5.74) is 9.24. The number of amidine groups is 1. The molecule has 0 saturated heterocycles. The van der Waals surface area contributed by atoms with Gasteiger partial charge in [0.2, 0.25) is 0 Å². The zero-order chi connectivity index (χ0) is 16.1. The standard InChI is InChI=1S/C17H21N3O2/c1-11-9-20-15(12(2)17(11)21-3)10-22-14-6-4-13(5-7-14)8-16(18)19/h4-7,9H,8,10H2,1-3H3,(H3,18,19). The van der Waals surface area contributed by atoms with Gasteiger partial charge in [0.25, 0.3) is 0 Å². The minimum atomic E-state index is 0.153. The van der Waals surface area contributed by atoms with E-state index in [1.807, 2.05) is 38.1 Å². The lowest BCUT2D eigenvalue weighted by atomic mass is 10.1. The van der Waals surface area contributed by atoms with E-state index in [2.05, 4.69) is 4.98 Å². The molecule has 0 bridgehead atoms. The van der Waals surface area contributed by atoms with E-state index in [4.69, 9.17) is 20.6 Å². The fourth-order valence-corrected chi connectivity index (χ4v) is 2.29. The molecule has 0 amide bonds. The predicted molar refractivity (Wildman–Crippen MR) is 86.7 cm³/mol. The van der Waals surface area contributed by atoms with Gasteiger partial charge in [0.1, 0.15) is 18.1 Å². The quantitative estimate of drug-likeness (QED) is 0.635. The van der Waals surface area contributed by atoms with Crippen LogP contribution >= 0.6 is 0 Å². The summed E-state index contributed by atoms with van der Waals surface area (Å²) in [5.74, 6) is 1.76. The Morgan fingerprint density at radius 3 is 2.50 bits per heavy atom. The Hall–Kier alpha value is -2.56. The van der Waals surface area contributed by atoms with E-state index in [-0.39, 0.29) is 5.84 Å². The summed E-state index contributed by atoms with van der Waals surface area (Å²) in [5, 5.41) is 7.28. The molecule has 0 aliphatic carbocycles. The monoisotopic (exact) mass is 299 g/mol. The molecule has 0 fully saturated rings. The first-order valence-corrected chi connectivity index (χ1v) is 7.05. The normalized spacial score (nSPS) is 10.3. The molecule has 3 N–H and O–H groups in total. The molecule has 0 spiro atoms. The van der Waals surface area contributed by atoms with E-state index < -0.39 is 0 Å². The number of pyridine rings is 1. The van der Waals surface area contributed by atoms with E-state index in [9.17, 15) is 0 Å². The van der Waals surface area contributed by atoms with Crippen molar-refractivity contribution in [2.45, 2.75) is 26.9 Å². The third-order valence-corrected chi connectivity index (χ3v) is 3.44. The second-order valence-electron chi connectivity index (χ2n) is 5.18. The average molecular weight is 299 g/mol. The van der Waals surface area contributed by atoms with E-state index in [1.165, 1.54) is 0 Å². The topological polar surface area (TPSA) is 81.2 Å². The SMILES string of the molecule is COc1c(C)cnc(COc2ccc(CC(=N)N)cc2)c1C. The zero-order valence-electron chi connectivity index (χ0n) is 13.1. The molecule has 0 radical (unpaired) electrons. The van der Waals surface area contributed by atoms with Crippen molar-refractivity contribution in [2.75, 3.05) is 7.11 Å². The van der Waals surface area contributed by atoms with Gasteiger partial charge in [0.05, 0.1) is 18.6 Å². The number of ether oxygens (including phenoxy) is 2. The van der Waals surface area contributed by atoms with Crippen LogP contribution in [-0.4, -0.2) is 17.9 Å². The number of hydrogen-bond acceptors (Lipinski definition) is 4. The lowest BCUT2D eigenvalue weighted by Crippen LogP contribution is -2.12. The number of benzene rings is 1. The van der Waals surface area contributed by atoms with Crippen molar-refractivity contribution in [2.24, 2.45) is 5.73 Å². The molecule has 116 valence electrons. The first kappa shape index (κ1) is 15.8. The molecule has 1 aromatic heterocycles. The second-order valence-corrected chi connectivity index (χ2v) is 5.18. The third-order valence-electron chi connectivity index (χ3n) is 3.44. The van der Waals surface area contributed by atoms with Gasteiger partial charge in [-0.1, -0.05) is 12.1 Å². The van der Waals surface area contributed by atoms with Gasteiger partial charge in [-0.3, -0.25) is 10.4 Å². The smallest absolute Gasteiger partial charge is 0.131 e. The number of aromatic nitrogens is 1. The summed E-state index contributed by atoms with van der Waals surface area (Å²) in [6.07, 6.45) is 2.25. The predicted octanol–water partition coefficient (Wildman–Crippen LogP) is 2.76. The van der Waals surface area contributed by atoms with Crippen molar-refractivity contribution >= 4 is 5.84 Å². The Morgan fingerprint density at radius 1 is 1.23 bits per heavy atom. The molecule has 5 nitrogen and oxygen atoms in total. The maximum atomic E-state index is 7.28. The van der Waals surface area contributed by atoms with Crippen molar-refractivity contribution in [1.29, 1.82) is 5.41 Å². The Balaban J connectivity index is 2.05. The Morgan fingerprint density at radius 2 is 1.91 bits per heavy atom. The summed E-state index contributed by atoms with van der Waals surface area (Å²) >= 11 is 0. The van der Waals surface area contributed by atoms with Crippen LogP contribution in [0.4, 0.5) is 0 Å². The van der Waals surface area contributed by atoms with Gasteiger partial charge in [-0.05, 0) is 31.5 Å². The molecule has 2 aromatic rings. The molecular formula is C17H21N3O2. The Bertz CT molecular complexity index is 666. The molecule has 0 saturated carbocycles. The molecular weight excluding hydrogens is 278 g/mol. The van der Waals surface area contributed by atoms with Crippen molar-refractivity contribution in [3.63, 3.8) is 0 Å². The van der Waals surface area contributed by atoms with Crippen molar-refractivity contribution in [3.8, 4) is 11.5 Å². The van der Waals surface area contributed by atoms with Crippen molar-refractivity contribution < 1.29 is 9.47 Å². The fourth-order valence-electron chi connectivity index (χ4n) is 2.29. The molecule has 2 rings (SSSR count). The molecule has 0 aliphatic rings. The minimum absolute atomic E-state index is 0.153. The lowest BCUT2D eigenvalue weighted by molar-refractivity contribution is 0.298. The van der Waals surface area contributed by atoms with Crippen LogP contribution in [0.25, 0.3) is 0 Å². The zero-order valence-corrected chi connectivity index (χ0v) is 13.1. The summed E-state index contributed by atoms with van der Waals surface area (Å²) in [7, 11) is 1.66. The fraction of sp³-hybridized carbons (Fsp3) is 0.294. The molecule has 0 atom stereocenters. The second kappa shape index (κ2) is 6.93. The summed E-state index contributed by atoms with van der Waals surface area (Å²) in [4.78, 5) is 4.41. The Kier molecular flexibility index (Phi) is 4.99. The number of nitrogens with zero attached hydrogens (tertiary/aromatic N) is 1. The Labute approximate surface area is 130 Å². The maximum Gasteiger partial charge on any atom is 0.131 e. The van der Waals surface area contributed by atoms with Crippen molar-refractivity contribution in [3.05, 3.63) is 52.8 Å². The number of nitrogens with two attached hydrogens (primary N) is 1. The van der Waals surface area contributed by atoms with E-state index in [0.717, 1.165) is 33.9 Å². The van der Waals surface area contributed by atoms with Gasteiger partial charge < -0.3 is 15.2 Å². The molecule has 1 aromatic carbocycles. The van der Waals surface area contributed by atoms with Gasteiger partial charge in [-0.15, -0.1) is 0 Å². The third kappa shape index (κ3) is 3.75. The molecule has 22 heavy (non-hydrogen) atoms. The van der Waals surface area contributed by atoms with Crippen LogP contribution in [0.2, 0.25) is 0 Å².